The van der Waals surface area contributed by atoms with Crippen LogP contribution in [0.5, 0.6) is 0 Å². The summed E-state index contributed by atoms with van der Waals surface area (Å²) in [6.07, 6.45) is 0.891. The van der Waals surface area contributed by atoms with Crippen molar-refractivity contribution in [2.24, 2.45) is 0 Å². The number of amides is 1. The average Bonchev–Trinajstić information content (AvgIpc) is 2.72. The summed E-state index contributed by atoms with van der Waals surface area (Å²) in [5, 5.41) is 14.4. The number of benzene rings is 2. The quantitative estimate of drug-likeness (QED) is 0.625. The fourth-order valence-corrected chi connectivity index (χ4v) is 3.21. The van der Waals surface area contributed by atoms with Gasteiger partial charge in [0.05, 0.1) is 4.92 Å². The Kier molecular flexibility index (Phi) is 5.90. The summed E-state index contributed by atoms with van der Waals surface area (Å²) >= 11 is 0. The summed E-state index contributed by atoms with van der Waals surface area (Å²) in [6, 6.07) is 14.5. The van der Waals surface area contributed by atoms with Gasteiger partial charge in [0.25, 0.3) is 11.6 Å². The third kappa shape index (κ3) is 4.36. The third-order valence-corrected chi connectivity index (χ3v) is 4.70. The summed E-state index contributed by atoms with van der Waals surface area (Å²) < 4.78 is 0. The van der Waals surface area contributed by atoms with Crippen molar-refractivity contribution >= 4 is 23.0 Å². The smallest absolute Gasteiger partial charge is 0.292 e. The van der Waals surface area contributed by atoms with E-state index in [1.54, 1.807) is 12.1 Å². The standard InChI is InChI=1S/C20H24N4O3/c1-2-10-21-18-15-17(8-9-19(18)24(26)27)22-11-13-23(14-12-22)20(25)16-6-4-3-5-7-16/h3-9,15,21H,2,10-14H2,1H3. The third-order valence-electron chi connectivity index (χ3n) is 4.70. The Labute approximate surface area is 158 Å². The molecule has 0 bridgehead atoms. The maximum absolute atomic E-state index is 12.6. The van der Waals surface area contributed by atoms with Crippen LogP contribution in [0.1, 0.15) is 23.7 Å². The number of nitro benzene ring substituents is 1. The second-order valence-electron chi connectivity index (χ2n) is 6.53. The van der Waals surface area contributed by atoms with E-state index in [1.165, 1.54) is 0 Å². The highest BCUT2D eigenvalue weighted by Gasteiger charge is 2.23. The Morgan fingerprint density at radius 3 is 2.44 bits per heavy atom. The molecule has 0 saturated carbocycles. The van der Waals surface area contributed by atoms with Gasteiger partial charge in [0.15, 0.2) is 0 Å². The van der Waals surface area contributed by atoms with Gasteiger partial charge in [0.1, 0.15) is 5.69 Å². The number of carbonyl (C=O) groups excluding carboxylic acids is 1. The van der Waals surface area contributed by atoms with Gasteiger partial charge in [-0.25, -0.2) is 0 Å². The molecular formula is C20H24N4O3. The Balaban J connectivity index is 1.68. The van der Waals surface area contributed by atoms with Gasteiger partial charge in [-0.15, -0.1) is 0 Å². The molecule has 2 aromatic rings. The van der Waals surface area contributed by atoms with Gasteiger partial charge in [0, 0.05) is 50.0 Å². The minimum Gasteiger partial charge on any atom is -0.379 e. The SMILES string of the molecule is CCCNc1cc(N2CCN(C(=O)c3ccccc3)CC2)ccc1[N+](=O)[O-]. The first-order chi connectivity index (χ1) is 13.1. The van der Waals surface area contributed by atoms with E-state index in [0.717, 1.165) is 12.1 Å². The van der Waals surface area contributed by atoms with Gasteiger partial charge >= 0.3 is 0 Å². The largest absolute Gasteiger partial charge is 0.379 e. The number of nitrogens with one attached hydrogen (secondary N) is 1. The van der Waals surface area contributed by atoms with E-state index in [2.05, 4.69) is 10.2 Å². The lowest BCUT2D eigenvalue weighted by atomic mass is 10.1. The van der Waals surface area contributed by atoms with Crippen molar-refractivity contribution in [1.82, 2.24) is 4.90 Å². The number of piperazine rings is 1. The Hall–Kier alpha value is -3.09. The summed E-state index contributed by atoms with van der Waals surface area (Å²) in [5.74, 6) is 0.0456. The zero-order valence-corrected chi connectivity index (χ0v) is 15.4. The summed E-state index contributed by atoms with van der Waals surface area (Å²) in [6.45, 7) is 5.35. The lowest BCUT2D eigenvalue weighted by molar-refractivity contribution is -0.383. The normalized spacial score (nSPS) is 14.1. The van der Waals surface area contributed by atoms with Crippen molar-refractivity contribution in [2.75, 3.05) is 42.9 Å². The highest BCUT2D eigenvalue weighted by molar-refractivity contribution is 5.94. The molecule has 1 heterocycles. The fraction of sp³-hybridized carbons (Fsp3) is 0.350. The molecule has 1 aliphatic rings. The number of carbonyl (C=O) groups is 1. The van der Waals surface area contributed by atoms with Gasteiger partial charge < -0.3 is 15.1 Å². The maximum Gasteiger partial charge on any atom is 0.292 e. The second kappa shape index (κ2) is 8.53. The zero-order valence-electron chi connectivity index (χ0n) is 15.4. The molecule has 1 N–H and O–H groups in total. The van der Waals surface area contributed by atoms with Crippen molar-refractivity contribution in [3.05, 3.63) is 64.2 Å². The first kappa shape index (κ1) is 18.7. The van der Waals surface area contributed by atoms with E-state index in [0.29, 0.717) is 44.0 Å². The predicted molar refractivity (Wildman–Crippen MR) is 106 cm³/mol. The molecule has 1 fully saturated rings. The van der Waals surface area contributed by atoms with Gasteiger partial charge in [-0.05, 0) is 30.7 Å². The summed E-state index contributed by atoms with van der Waals surface area (Å²) in [7, 11) is 0. The molecule has 0 spiro atoms. The van der Waals surface area contributed by atoms with Crippen molar-refractivity contribution in [3.63, 3.8) is 0 Å². The average molecular weight is 368 g/mol. The molecule has 0 radical (unpaired) electrons. The van der Waals surface area contributed by atoms with E-state index < -0.39 is 0 Å². The topological polar surface area (TPSA) is 78.7 Å². The van der Waals surface area contributed by atoms with Crippen LogP contribution in [0.15, 0.2) is 48.5 Å². The molecule has 0 aliphatic carbocycles. The highest BCUT2D eigenvalue weighted by Crippen LogP contribution is 2.30. The number of nitro groups is 1. The number of anilines is 2. The Morgan fingerprint density at radius 2 is 1.81 bits per heavy atom. The zero-order chi connectivity index (χ0) is 19.2. The van der Waals surface area contributed by atoms with Crippen LogP contribution in [0.4, 0.5) is 17.1 Å². The molecular weight excluding hydrogens is 344 g/mol. The van der Waals surface area contributed by atoms with Crippen molar-refractivity contribution in [3.8, 4) is 0 Å². The lowest BCUT2D eigenvalue weighted by Crippen LogP contribution is -2.48. The van der Waals surface area contributed by atoms with Crippen LogP contribution in [0.3, 0.4) is 0 Å². The van der Waals surface area contributed by atoms with Crippen LogP contribution in [0, 0.1) is 10.1 Å². The van der Waals surface area contributed by atoms with Gasteiger partial charge in [-0.3, -0.25) is 14.9 Å². The maximum atomic E-state index is 12.6. The van der Waals surface area contributed by atoms with Crippen LogP contribution in [-0.4, -0.2) is 48.5 Å². The minimum absolute atomic E-state index is 0.0456. The molecule has 27 heavy (non-hydrogen) atoms. The number of hydrogen-bond donors (Lipinski definition) is 1. The predicted octanol–water partition coefficient (Wildman–Crippen LogP) is 3.38. The van der Waals surface area contributed by atoms with E-state index in [9.17, 15) is 14.9 Å². The van der Waals surface area contributed by atoms with Crippen LogP contribution < -0.4 is 10.2 Å². The minimum atomic E-state index is -0.363. The molecule has 2 aromatic carbocycles. The molecule has 7 heteroatoms. The molecule has 142 valence electrons. The molecule has 1 aliphatic heterocycles. The van der Waals surface area contributed by atoms with E-state index in [1.807, 2.05) is 48.2 Å². The molecule has 0 aromatic heterocycles. The van der Waals surface area contributed by atoms with E-state index in [-0.39, 0.29) is 16.5 Å². The van der Waals surface area contributed by atoms with E-state index in [4.69, 9.17) is 0 Å². The molecule has 7 nitrogen and oxygen atoms in total. The van der Waals surface area contributed by atoms with Crippen molar-refractivity contribution in [1.29, 1.82) is 0 Å². The molecule has 0 atom stereocenters. The van der Waals surface area contributed by atoms with Crippen LogP contribution in [0.25, 0.3) is 0 Å². The fourth-order valence-electron chi connectivity index (χ4n) is 3.21. The lowest BCUT2D eigenvalue weighted by Gasteiger charge is -2.36. The number of nitrogens with zero attached hydrogens (tertiary/aromatic N) is 3. The Morgan fingerprint density at radius 1 is 1.11 bits per heavy atom. The second-order valence-corrected chi connectivity index (χ2v) is 6.53. The monoisotopic (exact) mass is 368 g/mol. The van der Waals surface area contributed by atoms with Gasteiger partial charge in [-0.2, -0.15) is 0 Å². The summed E-state index contributed by atoms with van der Waals surface area (Å²) in [4.78, 5) is 27.4. The molecule has 3 rings (SSSR count). The first-order valence-corrected chi connectivity index (χ1v) is 9.21. The number of rotatable bonds is 6. The van der Waals surface area contributed by atoms with Crippen LogP contribution in [0.2, 0.25) is 0 Å². The van der Waals surface area contributed by atoms with Crippen molar-refractivity contribution < 1.29 is 9.72 Å². The Bertz CT molecular complexity index is 802. The van der Waals surface area contributed by atoms with Crippen LogP contribution >= 0.6 is 0 Å². The molecule has 0 unspecified atom stereocenters. The van der Waals surface area contributed by atoms with Crippen molar-refractivity contribution in [2.45, 2.75) is 13.3 Å². The summed E-state index contributed by atoms with van der Waals surface area (Å²) in [5.41, 5.74) is 2.27. The number of hydrogen-bond acceptors (Lipinski definition) is 5. The van der Waals surface area contributed by atoms with Crippen LogP contribution in [-0.2, 0) is 0 Å². The molecule has 1 amide bonds. The van der Waals surface area contributed by atoms with Gasteiger partial charge in [0.2, 0.25) is 0 Å². The first-order valence-electron chi connectivity index (χ1n) is 9.21. The van der Waals surface area contributed by atoms with E-state index >= 15 is 0 Å². The molecule has 1 saturated heterocycles. The highest BCUT2D eigenvalue weighted by atomic mass is 16.6. The van der Waals surface area contributed by atoms with Gasteiger partial charge in [-0.1, -0.05) is 25.1 Å².